The molecule has 0 aliphatic carbocycles. The fraction of sp³-hybridized carbons (Fsp3) is 0.100. The predicted octanol–water partition coefficient (Wildman–Crippen LogP) is 1.91. The van der Waals surface area contributed by atoms with E-state index in [4.69, 9.17) is 16.7 Å². The summed E-state index contributed by atoms with van der Waals surface area (Å²) in [5.74, 6) is -0.688. The number of nitrogens with zero attached hydrogens (tertiary/aromatic N) is 3. The first kappa shape index (κ1) is 11.4. The topological polar surface area (TPSA) is 80.0 Å². The highest BCUT2D eigenvalue weighted by Gasteiger charge is 2.10. The van der Waals surface area contributed by atoms with Gasteiger partial charge in [0, 0.05) is 19.4 Å². The Morgan fingerprint density at radius 3 is 2.88 bits per heavy atom. The number of carbonyl (C=O) groups is 1. The number of aryl methyl sites for hydroxylation is 1. The Morgan fingerprint density at radius 2 is 2.29 bits per heavy atom. The molecule has 2 rings (SSSR count). The summed E-state index contributed by atoms with van der Waals surface area (Å²) in [4.78, 5) is 14.9. The Kier molecular flexibility index (Phi) is 2.97. The van der Waals surface area contributed by atoms with Crippen molar-refractivity contribution in [3.8, 4) is 0 Å². The minimum atomic E-state index is -1.09. The molecule has 2 aromatic rings. The lowest BCUT2D eigenvalue weighted by Gasteiger charge is -2.04. The largest absolute Gasteiger partial charge is 0.478 e. The number of halogens is 1. The summed E-state index contributed by atoms with van der Waals surface area (Å²) in [5, 5.41) is 15.9. The van der Waals surface area contributed by atoms with Gasteiger partial charge < -0.3 is 10.4 Å². The number of rotatable bonds is 3. The first-order valence-electron chi connectivity index (χ1n) is 4.71. The molecule has 0 unspecified atom stereocenters. The van der Waals surface area contributed by atoms with Gasteiger partial charge in [-0.3, -0.25) is 4.68 Å². The van der Waals surface area contributed by atoms with Crippen LogP contribution in [0.3, 0.4) is 0 Å². The molecule has 0 aromatic carbocycles. The number of nitrogens with one attached hydrogen (secondary N) is 1. The van der Waals surface area contributed by atoms with E-state index >= 15 is 0 Å². The molecule has 17 heavy (non-hydrogen) atoms. The Hall–Kier alpha value is -2.08. The summed E-state index contributed by atoms with van der Waals surface area (Å²) in [6.07, 6.45) is 4.65. The molecule has 0 saturated heterocycles. The zero-order valence-corrected chi connectivity index (χ0v) is 9.64. The van der Waals surface area contributed by atoms with Gasteiger partial charge in [-0.1, -0.05) is 11.6 Å². The van der Waals surface area contributed by atoms with E-state index in [-0.39, 0.29) is 10.6 Å². The second kappa shape index (κ2) is 4.42. The second-order valence-electron chi connectivity index (χ2n) is 3.38. The van der Waals surface area contributed by atoms with Crippen molar-refractivity contribution < 1.29 is 9.90 Å². The van der Waals surface area contributed by atoms with E-state index in [1.807, 2.05) is 0 Å². The van der Waals surface area contributed by atoms with Gasteiger partial charge in [0.15, 0.2) is 0 Å². The van der Waals surface area contributed by atoms with E-state index in [0.29, 0.717) is 5.82 Å². The molecule has 0 aliphatic heterocycles. The lowest BCUT2D eigenvalue weighted by Crippen LogP contribution is -2.01. The van der Waals surface area contributed by atoms with Crippen LogP contribution in [0.2, 0.25) is 5.02 Å². The number of hydrogen-bond donors (Lipinski definition) is 2. The number of aromatic nitrogens is 3. The summed E-state index contributed by atoms with van der Waals surface area (Å²) in [5.41, 5.74) is 0.728. The van der Waals surface area contributed by atoms with Gasteiger partial charge in [-0.15, -0.1) is 0 Å². The zero-order chi connectivity index (χ0) is 12.4. The molecular weight excluding hydrogens is 244 g/mol. The number of carboxylic acid groups (broad SMARTS) is 1. The molecule has 0 aliphatic rings. The smallest absolute Gasteiger partial charge is 0.337 e. The predicted molar refractivity (Wildman–Crippen MR) is 62.7 cm³/mol. The molecule has 2 heterocycles. The summed E-state index contributed by atoms with van der Waals surface area (Å²) >= 11 is 5.71. The van der Waals surface area contributed by atoms with Crippen LogP contribution in [0.5, 0.6) is 0 Å². The van der Waals surface area contributed by atoms with Gasteiger partial charge in [-0.2, -0.15) is 5.10 Å². The Bertz CT molecular complexity index is 567. The van der Waals surface area contributed by atoms with E-state index in [9.17, 15) is 4.79 Å². The van der Waals surface area contributed by atoms with E-state index in [1.54, 1.807) is 24.1 Å². The van der Waals surface area contributed by atoms with E-state index < -0.39 is 5.97 Å². The van der Waals surface area contributed by atoms with Crippen LogP contribution in [0.1, 0.15) is 10.4 Å². The minimum Gasteiger partial charge on any atom is -0.478 e. The first-order chi connectivity index (χ1) is 8.06. The Labute approximate surface area is 102 Å². The fourth-order valence-corrected chi connectivity index (χ4v) is 1.49. The van der Waals surface area contributed by atoms with Crippen molar-refractivity contribution in [1.82, 2.24) is 14.8 Å². The third kappa shape index (κ3) is 2.54. The van der Waals surface area contributed by atoms with Crippen LogP contribution in [0, 0.1) is 0 Å². The van der Waals surface area contributed by atoms with Crippen LogP contribution in [0.15, 0.2) is 24.7 Å². The highest BCUT2D eigenvalue weighted by molar-refractivity contribution is 6.33. The molecule has 0 fully saturated rings. The van der Waals surface area contributed by atoms with Gasteiger partial charge >= 0.3 is 5.97 Å². The zero-order valence-electron chi connectivity index (χ0n) is 8.88. The number of aromatic carboxylic acids is 1. The molecule has 0 bridgehead atoms. The van der Waals surface area contributed by atoms with Crippen molar-refractivity contribution in [3.63, 3.8) is 0 Å². The number of anilines is 2. The van der Waals surface area contributed by atoms with E-state index in [1.165, 1.54) is 12.3 Å². The van der Waals surface area contributed by atoms with Crippen LogP contribution in [-0.2, 0) is 7.05 Å². The average Bonchev–Trinajstić information content (AvgIpc) is 2.66. The monoisotopic (exact) mass is 252 g/mol. The molecule has 0 atom stereocenters. The Morgan fingerprint density at radius 1 is 1.53 bits per heavy atom. The normalized spacial score (nSPS) is 10.2. The molecule has 88 valence electrons. The lowest BCUT2D eigenvalue weighted by atomic mass is 10.2. The molecule has 6 nitrogen and oxygen atoms in total. The quantitative estimate of drug-likeness (QED) is 0.872. The molecule has 2 aromatic heterocycles. The maximum atomic E-state index is 10.9. The highest BCUT2D eigenvalue weighted by Crippen LogP contribution is 2.20. The van der Waals surface area contributed by atoms with Gasteiger partial charge in [0.1, 0.15) is 5.82 Å². The van der Waals surface area contributed by atoms with Gasteiger partial charge in [-0.05, 0) is 6.07 Å². The van der Waals surface area contributed by atoms with E-state index in [0.717, 1.165) is 5.69 Å². The van der Waals surface area contributed by atoms with Gasteiger partial charge in [0.05, 0.1) is 22.5 Å². The maximum Gasteiger partial charge on any atom is 0.337 e. The van der Waals surface area contributed by atoms with Gasteiger partial charge in [-0.25, -0.2) is 9.78 Å². The van der Waals surface area contributed by atoms with Gasteiger partial charge in [0.2, 0.25) is 0 Å². The van der Waals surface area contributed by atoms with Crippen LogP contribution >= 0.6 is 11.6 Å². The number of carboxylic acids is 1. The molecular formula is C10H9ClN4O2. The van der Waals surface area contributed by atoms with Crippen molar-refractivity contribution in [3.05, 3.63) is 35.2 Å². The third-order valence-electron chi connectivity index (χ3n) is 2.06. The summed E-state index contributed by atoms with van der Waals surface area (Å²) < 4.78 is 1.62. The van der Waals surface area contributed by atoms with E-state index in [2.05, 4.69) is 15.4 Å². The maximum absolute atomic E-state index is 10.9. The molecule has 7 heteroatoms. The minimum absolute atomic E-state index is 0.00746. The summed E-state index contributed by atoms with van der Waals surface area (Å²) in [6, 6.07) is 1.37. The second-order valence-corrected chi connectivity index (χ2v) is 3.79. The molecule has 0 radical (unpaired) electrons. The SMILES string of the molecule is Cn1cc(Nc2cc(C(=O)O)c(Cl)cn2)cn1. The standard InChI is InChI=1S/C10H9ClN4O2/c1-15-5-6(3-13-15)14-9-2-7(10(16)17)8(11)4-12-9/h2-5H,1H3,(H,12,14)(H,16,17). The molecule has 2 N–H and O–H groups in total. The molecule has 0 spiro atoms. The molecule has 0 amide bonds. The molecule has 0 saturated carbocycles. The Balaban J connectivity index is 2.28. The van der Waals surface area contributed by atoms with Crippen molar-refractivity contribution in [1.29, 1.82) is 0 Å². The number of pyridine rings is 1. The third-order valence-corrected chi connectivity index (χ3v) is 2.36. The average molecular weight is 253 g/mol. The fourth-order valence-electron chi connectivity index (χ4n) is 1.30. The summed E-state index contributed by atoms with van der Waals surface area (Å²) in [6.45, 7) is 0. The lowest BCUT2D eigenvalue weighted by molar-refractivity contribution is 0.0697. The van der Waals surface area contributed by atoms with Crippen LogP contribution in [0.25, 0.3) is 0 Å². The van der Waals surface area contributed by atoms with Crippen LogP contribution < -0.4 is 5.32 Å². The number of hydrogen-bond acceptors (Lipinski definition) is 4. The van der Waals surface area contributed by atoms with Crippen molar-refractivity contribution in [2.24, 2.45) is 7.05 Å². The van der Waals surface area contributed by atoms with Gasteiger partial charge in [0.25, 0.3) is 0 Å². The van der Waals surface area contributed by atoms with Crippen LogP contribution in [0.4, 0.5) is 11.5 Å². The van der Waals surface area contributed by atoms with Crippen molar-refractivity contribution >= 4 is 29.1 Å². The summed E-state index contributed by atoms with van der Waals surface area (Å²) in [7, 11) is 1.78. The van der Waals surface area contributed by atoms with Crippen molar-refractivity contribution in [2.75, 3.05) is 5.32 Å². The van der Waals surface area contributed by atoms with Crippen LogP contribution in [-0.4, -0.2) is 25.8 Å². The highest BCUT2D eigenvalue weighted by atomic mass is 35.5. The van der Waals surface area contributed by atoms with Crippen molar-refractivity contribution in [2.45, 2.75) is 0 Å². The first-order valence-corrected chi connectivity index (χ1v) is 5.08.